The van der Waals surface area contributed by atoms with Crippen LogP contribution in [0.2, 0.25) is 0 Å². The second kappa shape index (κ2) is 9.35. The molecular formula is C20H30N2O5S. The van der Waals surface area contributed by atoms with Crippen LogP contribution < -0.4 is 10.0 Å². The summed E-state index contributed by atoms with van der Waals surface area (Å²) in [5.74, 6) is 0.280. The molecule has 1 aromatic carbocycles. The number of amides is 1. The van der Waals surface area contributed by atoms with Gasteiger partial charge >= 0.3 is 0 Å². The zero-order valence-electron chi connectivity index (χ0n) is 16.3. The number of hydrogen-bond donors (Lipinski definition) is 3. The number of carbonyl (C=O) groups excluding carboxylic acids is 1. The fourth-order valence-electron chi connectivity index (χ4n) is 3.63. The minimum absolute atomic E-state index is 0.0982. The van der Waals surface area contributed by atoms with Gasteiger partial charge in [-0.25, -0.2) is 13.1 Å². The average Bonchev–Trinajstić information content (AvgIpc) is 2.61. The van der Waals surface area contributed by atoms with Gasteiger partial charge in [-0.2, -0.15) is 0 Å². The molecule has 3 atom stereocenters. The zero-order valence-corrected chi connectivity index (χ0v) is 17.1. The summed E-state index contributed by atoms with van der Waals surface area (Å²) in [6.07, 6.45) is 4.30. The van der Waals surface area contributed by atoms with Crippen LogP contribution in [0.25, 0.3) is 0 Å². The maximum Gasteiger partial charge on any atom is 0.240 e. The Hall–Kier alpha value is -1.48. The third kappa shape index (κ3) is 5.31. The molecule has 0 aromatic heterocycles. The van der Waals surface area contributed by atoms with Crippen molar-refractivity contribution in [1.29, 1.82) is 0 Å². The Labute approximate surface area is 166 Å². The van der Waals surface area contributed by atoms with Gasteiger partial charge in [0.2, 0.25) is 15.9 Å². The van der Waals surface area contributed by atoms with E-state index in [4.69, 9.17) is 4.74 Å². The molecule has 0 unspecified atom stereocenters. The smallest absolute Gasteiger partial charge is 0.240 e. The fraction of sp³-hybridized carbons (Fsp3) is 0.650. The summed E-state index contributed by atoms with van der Waals surface area (Å²) >= 11 is 0. The normalized spacial score (nSPS) is 25.9. The molecule has 0 radical (unpaired) electrons. The SMILES string of the molecule is Cc1ccc(S(=O)(=O)N[C@@H]2CC[C@H](CCNC(=O)C3CCC3)O[C@@H]2CO)cc1. The minimum Gasteiger partial charge on any atom is -0.394 e. The number of carbonyl (C=O) groups is 1. The van der Waals surface area contributed by atoms with Crippen LogP contribution in [-0.2, 0) is 19.6 Å². The fourth-order valence-corrected chi connectivity index (χ4v) is 4.93. The highest BCUT2D eigenvalue weighted by atomic mass is 32.2. The second-order valence-electron chi connectivity index (χ2n) is 7.80. The molecule has 2 fully saturated rings. The van der Waals surface area contributed by atoms with Crippen LogP contribution in [0.15, 0.2) is 29.2 Å². The van der Waals surface area contributed by atoms with Crippen LogP contribution in [0.1, 0.15) is 44.1 Å². The summed E-state index contributed by atoms with van der Waals surface area (Å²) in [5, 5.41) is 12.6. The van der Waals surface area contributed by atoms with Crippen LogP contribution in [0.5, 0.6) is 0 Å². The minimum atomic E-state index is -3.67. The highest BCUT2D eigenvalue weighted by Gasteiger charge is 2.34. The number of aliphatic hydroxyl groups excluding tert-OH is 1. The first kappa shape index (κ1) is 21.2. The van der Waals surface area contributed by atoms with Gasteiger partial charge in [-0.1, -0.05) is 24.1 Å². The zero-order chi connectivity index (χ0) is 20.1. The molecule has 1 saturated carbocycles. The van der Waals surface area contributed by atoms with E-state index in [1.54, 1.807) is 24.3 Å². The lowest BCUT2D eigenvalue weighted by molar-refractivity contribution is -0.127. The van der Waals surface area contributed by atoms with Crippen molar-refractivity contribution in [2.45, 2.75) is 68.6 Å². The quantitative estimate of drug-likeness (QED) is 0.602. The number of nitrogens with one attached hydrogen (secondary N) is 2. The van der Waals surface area contributed by atoms with E-state index in [0.717, 1.165) is 24.8 Å². The van der Waals surface area contributed by atoms with Gasteiger partial charge in [0.25, 0.3) is 0 Å². The van der Waals surface area contributed by atoms with Crippen LogP contribution in [-0.4, -0.2) is 50.8 Å². The van der Waals surface area contributed by atoms with Gasteiger partial charge in [-0.05, 0) is 51.2 Å². The Bertz CT molecular complexity index is 761. The lowest BCUT2D eigenvalue weighted by atomic mass is 9.85. The molecule has 156 valence electrons. The van der Waals surface area contributed by atoms with Crippen molar-refractivity contribution < 1.29 is 23.1 Å². The number of aryl methyl sites for hydroxylation is 1. The molecule has 3 N–H and O–H groups in total. The van der Waals surface area contributed by atoms with E-state index in [2.05, 4.69) is 10.0 Å². The molecule has 3 rings (SSSR count). The summed E-state index contributed by atoms with van der Waals surface area (Å²) in [6, 6.07) is 6.18. The number of sulfonamides is 1. The topological polar surface area (TPSA) is 105 Å². The monoisotopic (exact) mass is 410 g/mol. The highest BCUT2D eigenvalue weighted by molar-refractivity contribution is 7.89. The second-order valence-corrected chi connectivity index (χ2v) is 9.52. The number of ether oxygens (including phenoxy) is 1. The summed E-state index contributed by atoms with van der Waals surface area (Å²) in [6.45, 7) is 2.18. The van der Waals surface area contributed by atoms with Gasteiger partial charge in [0.1, 0.15) is 0 Å². The third-order valence-corrected chi connectivity index (χ3v) is 7.18. The van der Waals surface area contributed by atoms with E-state index in [9.17, 15) is 18.3 Å². The highest BCUT2D eigenvalue weighted by Crippen LogP contribution is 2.26. The molecular weight excluding hydrogens is 380 g/mol. The van der Waals surface area contributed by atoms with Crippen molar-refractivity contribution in [2.75, 3.05) is 13.2 Å². The molecule has 1 aliphatic carbocycles. The molecule has 1 saturated heterocycles. The number of aliphatic hydroxyl groups is 1. The van der Waals surface area contributed by atoms with Gasteiger partial charge in [-0.3, -0.25) is 4.79 Å². The van der Waals surface area contributed by atoms with Gasteiger partial charge in [0.15, 0.2) is 0 Å². The molecule has 1 aromatic rings. The average molecular weight is 411 g/mol. The van der Waals surface area contributed by atoms with E-state index >= 15 is 0 Å². The Kier molecular flexibility index (Phi) is 7.09. The van der Waals surface area contributed by atoms with Crippen LogP contribution in [0.3, 0.4) is 0 Å². The summed E-state index contributed by atoms with van der Waals surface area (Å²) in [4.78, 5) is 12.1. The van der Waals surface area contributed by atoms with Crippen LogP contribution >= 0.6 is 0 Å². The molecule has 0 spiro atoms. The summed E-state index contributed by atoms with van der Waals surface area (Å²) in [5.41, 5.74) is 0.987. The Balaban J connectivity index is 1.49. The molecule has 1 heterocycles. The van der Waals surface area contributed by atoms with E-state index in [1.807, 2.05) is 6.92 Å². The van der Waals surface area contributed by atoms with Crippen molar-refractivity contribution >= 4 is 15.9 Å². The van der Waals surface area contributed by atoms with Crippen molar-refractivity contribution in [2.24, 2.45) is 5.92 Å². The summed E-state index contributed by atoms with van der Waals surface area (Å²) in [7, 11) is -3.67. The van der Waals surface area contributed by atoms with Gasteiger partial charge < -0.3 is 15.2 Å². The van der Waals surface area contributed by atoms with Crippen LogP contribution in [0, 0.1) is 12.8 Å². The predicted molar refractivity (Wildman–Crippen MR) is 105 cm³/mol. The molecule has 7 nitrogen and oxygen atoms in total. The Morgan fingerprint density at radius 1 is 1.18 bits per heavy atom. The van der Waals surface area contributed by atoms with E-state index in [-0.39, 0.29) is 29.4 Å². The first-order chi connectivity index (χ1) is 13.4. The molecule has 8 heteroatoms. The van der Waals surface area contributed by atoms with Crippen LogP contribution in [0.4, 0.5) is 0 Å². The molecule has 1 aliphatic heterocycles. The largest absolute Gasteiger partial charge is 0.394 e. The Morgan fingerprint density at radius 3 is 2.50 bits per heavy atom. The van der Waals surface area contributed by atoms with Gasteiger partial charge in [-0.15, -0.1) is 0 Å². The van der Waals surface area contributed by atoms with Crippen molar-refractivity contribution in [3.63, 3.8) is 0 Å². The third-order valence-electron chi connectivity index (χ3n) is 5.67. The van der Waals surface area contributed by atoms with Crippen molar-refractivity contribution in [3.8, 4) is 0 Å². The summed E-state index contributed by atoms with van der Waals surface area (Å²) < 4.78 is 33.8. The molecule has 0 bridgehead atoms. The first-order valence-electron chi connectivity index (χ1n) is 10.0. The standard InChI is InChI=1S/C20H30N2O5S/c1-14-5-8-17(9-6-14)28(25,26)22-18-10-7-16(27-19(18)13-23)11-12-21-20(24)15-3-2-4-15/h5-6,8-9,15-16,18-19,22-23H,2-4,7,10-13H2,1H3,(H,21,24)/t16-,18-,19-/m1/s1. The first-order valence-corrected chi connectivity index (χ1v) is 11.5. The maximum atomic E-state index is 12.6. The van der Waals surface area contributed by atoms with Crippen molar-refractivity contribution in [3.05, 3.63) is 29.8 Å². The molecule has 28 heavy (non-hydrogen) atoms. The number of benzene rings is 1. The maximum absolute atomic E-state index is 12.6. The lowest BCUT2D eigenvalue weighted by Crippen LogP contribution is -2.51. The lowest BCUT2D eigenvalue weighted by Gasteiger charge is -2.36. The van der Waals surface area contributed by atoms with Gasteiger partial charge in [0, 0.05) is 12.5 Å². The van der Waals surface area contributed by atoms with E-state index < -0.39 is 22.2 Å². The van der Waals surface area contributed by atoms with E-state index in [1.165, 1.54) is 0 Å². The molecule has 1 amide bonds. The molecule has 2 aliphatic rings. The van der Waals surface area contributed by atoms with E-state index in [0.29, 0.717) is 25.8 Å². The Morgan fingerprint density at radius 2 is 1.89 bits per heavy atom. The van der Waals surface area contributed by atoms with Crippen molar-refractivity contribution in [1.82, 2.24) is 10.0 Å². The number of rotatable bonds is 8. The number of hydrogen-bond acceptors (Lipinski definition) is 5. The van der Waals surface area contributed by atoms with Gasteiger partial charge in [0.05, 0.1) is 29.8 Å². The predicted octanol–water partition coefficient (Wildman–Crippen LogP) is 1.49.